The minimum atomic E-state index is -0.259. The number of aromatic nitrogens is 1. The molecule has 1 N–H and O–H groups in total. The zero-order chi connectivity index (χ0) is 21.6. The summed E-state index contributed by atoms with van der Waals surface area (Å²) in [5.74, 6) is 0.758. The molecule has 0 atom stereocenters. The number of hydrogen-bond acceptors (Lipinski definition) is 5. The van der Waals surface area contributed by atoms with E-state index in [0.717, 1.165) is 52.8 Å². The number of aryl methyl sites for hydroxylation is 1. The van der Waals surface area contributed by atoms with Crippen molar-refractivity contribution in [2.24, 2.45) is 5.92 Å². The van der Waals surface area contributed by atoms with Gasteiger partial charge in [0.05, 0.1) is 10.6 Å². The molecule has 0 aliphatic carbocycles. The molecule has 1 aliphatic rings. The van der Waals surface area contributed by atoms with Crippen molar-refractivity contribution in [1.82, 2.24) is 10.3 Å². The second-order valence-corrected chi connectivity index (χ2v) is 8.61. The van der Waals surface area contributed by atoms with Crippen LogP contribution in [0.4, 0.5) is 4.39 Å². The van der Waals surface area contributed by atoms with Gasteiger partial charge in [0.2, 0.25) is 0 Å². The van der Waals surface area contributed by atoms with Gasteiger partial charge in [-0.2, -0.15) is 0 Å². The van der Waals surface area contributed by atoms with Gasteiger partial charge in [-0.1, -0.05) is 0 Å². The topological polar surface area (TPSA) is 60.5 Å². The Morgan fingerprint density at radius 1 is 1.13 bits per heavy atom. The number of rotatable bonds is 7. The van der Waals surface area contributed by atoms with Crippen LogP contribution in [0.25, 0.3) is 21.0 Å². The van der Waals surface area contributed by atoms with E-state index >= 15 is 0 Å². The Kier molecular flexibility index (Phi) is 6.94. The van der Waals surface area contributed by atoms with E-state index in [-0.39, 0.29) is 18.3 Å². The van der Waals surface area contributed by atoms with Crippen molar-refractivity contribution >= 4 is 17.2 Å². The third kappa shape index (κ3) is 5.68. The summed E-state index contributed by atoms with van der Waals surface area (Å²) in [5.41, 5.74) is 2.85. The fraction of sp³-hybridized carbons (Fsp3) is 0.333. The Morgan fingerprint density at radius 2 is 1.81 bits per heavy atom. The maximum Gasteiger partial charge on any atom is 0.257 e. The highest BCUT2D eigenvalue weighted by Gasteiger charge is 2.15. The molecule has 0 spiro atoms. The van der Waals surface area contributed by atoms with Gasteiger partial charge in [0, 0.05) is 25.3 Å². The summed E-state index contributed by atoms with van der Waals surface area (Å²) in [6.45, 7) is 4.18. The molecule has 3 aromatic rings. The van der Waals surface area contributed by atoms with E-state index in [2.05, 4.69) is 10.3 Å². The molecule has 2 aromatic carbocycles. The molecule has 1 fully saturated rings. The molecule has 162 valence electrons. The van der Waals surface area contributed by atoms with Crippen LogP contribution in [0.5, 0.6) is 5.75 Å². The fourth-order valence-electron chi connectivity index (χ4n) is 3.49. The van der Waals surface area contributed by atoms with E-state index in [1.54, 1.807) is 23.5 Å². The second-order valence-electron chi connectivity index (χ2n) is 7.61. The summed E-state index contributed by atoms with van der Waals surface area (Å²) >= 11 is 1.57. The predicted molar refractivity (Wildman–Crippen MR) is 120 cm³/mol. The van der Waals surface area contributed by atoms with E-state index in [1.807, 2.05) is 31.2 Å². The highest BCUT2D eigenvalue weighted by atomic mass is 32.1. The lowest BCUT2D eigenvalue weighted by Gasteiger charge is -2.22. The average Bonchev–Trinajstić information content (AvgIpc) is 3.19. The Balaban J connectivity index is 1.33. The van der Waals surface area contributed by atoms with Crippen LogP contribution < -0.4 is 10.1 Å². The van der Waals surface area contributed by atoms with E-state index in [0.29, 0.717) is 18.2 Å². The van der Waals surface area contributed by atoms with Gasteiger partial charge in [-0.3, -0.25) is 4.79 Å². The molecule has 0 bridgehead atoms. The number of halogens is 1. The number of carbonyl (C=O) groups is 1. The van der Waals surface area contributed by atoms with Crippen LogP contribution in [0.3, 0.4) is 0 Å². The Morgan fingerprint density at radius 3 is 2.52 bits per heavy atom. The number of benzene rings is 2. The summed E-state index contributed by atoms with van der Waals surface area (Å²) in [4.78, 5) is 17.7. The van der Waals surface area contributed by atoms with Crippen molar-refractivity contribution in [3.05, 3.63) is 60.0 Å². The molecule has 31 heavy (non-hydrogen) atoms. The zero-order valence-corrected chi connectivity index (χ0v) is 18.2. The summed E-state index contributed by atoms with van der Waals surface area (Å²) < 4.78 is 24.1. The zero-order valence-electron chi connectivity index (χ0n) is 17.4. The predicted octanol–water partition coefficient (Wildman–Crippen LogP) is 4.85. The normalized spacial score (nSPS) is 14.4. The maximum absolute atomic E-state index is 13.2. The van der Waals surface area contributed by atoms with Crippen molar-refractivity contribution in [1.29, 1.82) is 0 Å². The van der Waals surface area contributed by atoms with Crippen molar-refractivity contribution in [3.63, 3.8) is 0 Å². The average molecular weight is 441 g/mol. The van der Waals surface area contributed by atoms with Crippen LogP contribution in [0.2, 0.25) is 0 Å². The van der Waals surface area contributed by atoms with Gasteiger partial charge >= 0.3 is 0 Å². The molecule has 4 rings (SSSR count). The lowest BCUT2D eigenvalue weighted by molar-refractivity contribution is -0.123. The minimum absolute atomic E-state index is 0.00311. The molecular weight excluding hydrogens is 415 g/mol. The van der Waals surface area contributed by atoms with E-state index in [1.165, 1.54) is 12.1 Å². The van der Waals surface area contributed by atoms with Crippen molar-refractivity contribution in [2.45, 2.75) is 19.8 Å². The first-order valence-corrected chi connectivity index (χ1v) is 11.2. The van der Waals surface area contributed by atoms with Crippen molar-refractivity contribution in [3.8, 4) is 26.8 Å². The fourth-order valence-corrected chi connectivity index (χ4v) is 4.57. The highest BCUT2D eigenvalue weighted by molar-refractivity contribution is 7.18. The SMILES string of the molecule is Cc1nc(-c2ccc(F)cc2)sc1-c1ccc(OCC(=O)NCC2CCOCC2)cc1. The van der Waals surface area contributed by atoms with Crippen LogP contribution in [0.15, 0.2) is 48.5 Å². The Hall–Kier alpha value is -2.77. The second kappa shape index (κ2) is 10.0. The van der Waals surface area contributed by atoms with Gasteiger partial charge < -0.3 is 14.8 Å². The number of nitrogens with zero attached hydrogens (tertiary/aromatic N) is 1. The molecule has 5 nitrogen and oxygen atoms in total. The smallest absolute Gasteiger partial charge is 0.257 e. The molecule has 1 aromatic heterocycles. The molecule has 0 unspecified atom stereocenters. The molecule has 2 heterocycles. The number of thiazole rings is 1. The van der Waals surface area contributed by atoms with E-state index < -0.39 is 0 Å². The molecule has 1 amide bonds. The van der Waals surface area contributed by atoms with Crippen molar-refractivity contribution < 1.29 is 18.7 Å². The lowest BCUT2D eigenvalue weighted by atomic mass is 10.0. The van der Waals surface area contributed by atoms with Crippen LogP contribution in [0.1, 0.15) is 18.5 Å². The van der Waals surface area contributed by atoms with Gasteiger partial charge in [-0.05, 0) is 79.8 Å². The van der Waals surface area contributed by atoms with Crippen LogP contribution >= 0.6 is 11.3 Å². The maximum atomic E-state index is 13.2. The first-order chi connectivity index (χ1) is 15.1. The first kappa shape index (κ1) is 21.5. The molecule has 0 saturated carbocycles. The van der Waals surface area contributed by atoms with Gasteiger partial charge in [-0.25, -0.2) is 9.37 Å². The van der Waals surface area contributed by atoms with E-state index in [4.69, 9.17) is 9.47 Å². The van der Waals surface area contributed by atoms with E-state index in [9.17, 15) is 9.18 Å². The number of ether oxygens (including phenoxy) is 2. The number of amides is 1. The van der Waals surface area contributed by atoms with Gasteiger partial charge in [0.15, 0.2) is 6.61 Å². The van der Waals surface area contributed by atoms with Crippen LogP contribution in [0, 0.1) is 18.7 Å². The van der Waals surface area contributed by atoms with Crippen LogP contribution in [-0.4, -0.2) is 37.3 Å². The summed E-state index contributed by atoms with van der Waals surface area (Å²) in [6.07, 6.45) is 1.98. The third-order valence-corrected chi connectivity index (χ3v) is 6.56. The standard InChI is InChI=1S/C24H25FN2O3S/c1-16-23(31-24(27-16)19-2-6-20(25)7-3-19)18-4-8-21(9-5-18)30-15-22(28)26-14-17-10-12-29-13-11-17/h2-9,17H,10-15H2,1H3,(H,26,28). The molecule has 0 radical (unpaired) electrons. The largest absolute Gasteiger partial charge is 0.484 e. The highest BCUT2D eigenvalue weighted by Crippen LogP contribution is 2.35. The molecule has 7 heteroatoms. The molecular formula is C24H25FN2O3S. The first-order valence-electron chi connectivity index (χ1n) is 10.4. The van der Waals surface area contributed by atoms with Crippen molar-refractivity contribution in [2.75, 3.05) is 26.4 Å². The Labute approximate surface area is 185 Å². The summed E-state index contributed by atoms with van der Waals surface area (Å²) in [7, 11) is 0. The van der Waals surface area contributed by atoms with Gasteiger partial charge in [-0.15, -0.1) is 11.3 Å². The minimum Gasteiger partial charge on any atom is -0.484 e. The number of hydrogen-bond donors (Lipinski definition) is 1. The quantitative estimate of drug-likeness (QED) is 0.571. The summed E-state index contributed by atoms with van der Waals surface area (Å²) in [6, 6.07) is 14.0. The third-order valence-electron chi connectivity index (χ3n) is 5.30. The number of carbonyl (C=O) groups excluding carboxylic acids is 1. The summed E-state index contributed by atoms with van der Waals surface area (Å²) in [5, 5.41) is 3.80. The number of nitrogens with one attached hydrogen (secondary N) is 1. The monoisotopic (exact) mass is 440 g/mol. The molecule has 1 aliphatic heterocycles. The lowest BCUT2D eigenvalue weighted by Crippen LogP contribution is -2.35. The molecule has 1 saturated heterocycles. The van der Waals surface area contributed by atoms with Gasteiger partial charge in [0.1, 0.15) is 16.6 Å². The van der Waals surface area contributed by atoms with Gasteiger partial charge in [0.25, 0.3) is 5.91 Å². The Bertz CT molecular complexity index is 1010. The van der Waals surface area contributed by atoms with Crippen LogP contribution in [-0.2, 0) is 9.53 Å².